The Kier molecular flexibility index (Phi) is 8.15. The molecule has 1 heterocycles. The van der Waals surface area contributed by atoms with Gasteiger partial charge < -0.3 is 20.1 Å². The van der Waals surface area contributed by atoms with E-state index in [-0.39, 0.29) is 5.56 Å². The number of rotatable bonds is 10. The maximum absolute atomic E-state index is 11.3. The molecule has 5 aromatic carbocycles. The summed E-state index contributed by atoms with van der Waals surface area (Å²) in [5.41, 5.74) is 5.99. The molecule has 1 atom stereocenters. The number of nitrogens with one attached hydrogen (secondary N) is 1. The third-order valence-corrected chi connectivity index (χ3v) is 8.09. The van der Waals surface area contributed by atoms with Crippen molar-refractivity contribution in [3.05, 3.63) is 138 Å². The van der Waals surface area contributed by atoms with Gasteiger partial charge in [-0.1, -0.05) is 97.1 Å². The van der Waals surface area contributed by atoms with E-state index >= 15 is 0 Å². The van der Waals surface area contributed by atoms with Crippen molar-refractivity contribution in [2.75, 3.05) is 16.8 Å². The van der Waals surface area contributed by atoms with E-state index in [1.165, 1.54) is 22.2 Å². The molecule has 0 radical (unpaired) electrons. The van der Waals surface area contributed by atoms with E-state index < -0.39 is 5.97 Å². The predicted molar refractivity (Wildman–Crippen MR) is 174 cm³/mol. The van der Waals surface area contributed by atoms with Crippen molar-refractivity contribution in [3.63, 3.8) is 0 Å². The fourth-order valence-electron chi connectivity index (χ4n) is 5.75. The standard InChI is InChI=1S/C36H32N2O3S/c39-36(40)29-12-6-13-30(22-29)37-35(42)18-19-38-31(23-28-10-4-5-14-33(28)38)21-26-16-17-32-27(20-26)11-7-15-34(32)41-24-25-8-2-1-3-9-25/h1-17,20,22,31H,18-19,21,23-24H2,(H,37,42)(H,39,40). The zero-order valence-electron chi connectivity index (χ0n) is 23.2. The molecule has 6 rings (SSSR count). The van der Waals surface area contributed by atoms with Crippen molar-refractivity contribution in [2.45, 2.75) is 31.9 Å². The van der Waals surface area contributed by atoms with E-state index in [9.17, 15) is 9.90 Å². The number of carboxylic acid groups (broad SMARTS) is 1. The van der Waals surface area contributed by atoms with E-state index in [1.54, 1.807) is 18.2 Å². The molecule has 0 saturated heterocycles. The summed E-state index contributed by atoms with van der Waals surface area (Å²) in [5, 5.41) is 14.8. The summed E-state index contributed by atoms with van der Waals surface area (Å²) in [6.07, 6.45) is 2.56. The number of carbonyl (C=O) groups is 1. The summed E-state index contributed by atoms with van der Waals surface area (Å²) in [5.74, 6) is -0.0570. The van der Waals surface area contributed by atoms with E-state index in [1.807, 2.05) is 30.3 Å². The Hall–Kier alpha value is -4.68. The number of anilines is 2. The molecule has 0 spiro atoms. The van der Waals surface area contributed by atoms with Gasteiger partial charge in [-0.25, -0.2) is 4.79 Å². The van der Waals surface area contributed by atoms with Crippen molar-refractivity contribution in [3.8, 4) is 5.75 Å². The average molecular weight is 573 g/mol. The molecule has 42 heavy (non-hydrogen) atoms. The van der Waals surface area contributed by atoms with Crippen molar-refractivity contribution >= 4 is 45.3 Å². The zero-order valence-corrected chi connectivity index (χ0v) is 24.0. The Morgan fingerprint density at radius 3 is 2.55 bits per heavy atom. The van der Waals surface area contributed by atoms with Crippen LogP contribution < -0.4 is 15.0 Å². The van der Waals surface area contributed by atoms with E-state index in [0.717, 1.165) is 36.1 Å². The summed E-state index contributed by atoms with van der Waals surface area (Å²) in [7, 11) is 0. The lowest BCUT2D eigenvalue weighted by Gasteiger charge is -2.28. The van der Waals surface area contributed by atoms with Gasteiger partial charge in [0, 0.05) is 35.8 Å². The number of thiocarbonyl (C=S) groups is 1. The van der Waals surface area contributed by atoms with Crippen LogP contribution in [0.15, 0.2) is 115 Å². The number of hydrogen-bond donors (Lipinski definition) is 2. The predicted octanol–water partition coefficient (Wildman–Crippen LogP) is 7.92. The molecule has 1 unspecified atom stereocenters. The minimum Gasteiger partial charge on any atom is -0.488 e. The van der Waals surface area contributed by atoms with Gasteiger partial charge in [-0.2, -0.15) is 0 Å². The highest BCUT2D eigenvalue weighted by Gasteiger charge is 2.29. The van der Waals surface area contributed by atoms with Crippen molar-refractivity contribution in [1.29, 1.82) is 0 Å². The van der Waals surface area contributed by atoms with Gasteiger partial charge >= 0.3 is 5.97 Å². The fourth-order valence-corrected chi connectivity index (χ4v) is 5.96. The van der Waals surface area contributed by atoms with Gasteiger partial charge in [0.2, 0.25) is 0 Å². The van der Waals surface area contributed by atoms with Crippen molar-refractivity contribution < 1.29 is 14.6 Å². The van der Waals surface area contributed by atoms with Crippen LogP contribution in [-0.2, 0) is 19.4 Å². The van der Waals surface area contributed by atoms with Crippen LogP contribution in [-0.4, -0.2) is 28.7 Å². The van der Waals surface area contributed by atoms with E-state index in [0.29, 0.717) is 29.7 Å². The number of nitrogens with zero attached hydrogens (tertiary/aromatic N) is 1. The highest BCUT2D eigenvalue weighted by molar-refractivity contribution is 7.80. The topological polar surface area (TPSA) is 61.8 Å². The molecule has 0 amide bonds. The van der Waals surface area contributed by atoms with Crippen LogP contribution in [0.25, 0.3) is 10.8 Å². The smallest absolute Gasteiger partial charge is 0.335 e. The van der Waals surface area contributed by atoms with Crippen molar-refractivity contribution in [2.24, 2.45) is 0 Å². The van der Waals surface area contributed by atoms with E-state index in [2.05, 4.69) is 76.9 Å². The van der Waals surface area contributed by atoms with Gasteiger partial charge in [0.15, 0.2) is 0 Å². The minimum absolute atomic E-state index is 0.238. The lowest BCUT2D eigenvalue weighted by Crippen LogP contribution is -2.36. The highest BCUT2D eigenvalue weighted by Crippen LogP contribution is 2.35. The molecule has 0 fully saturated rings. The quantitative estimate of drug-likeness (QED) is 0.166. The Bertz CT molecular complexity index is 1740. The number of hydrogen-bond acceptors (Lipinski definition) is 4. The number of fused-ring (bicyclic) bond motifs is 2. The molecule has 0 aliphatic carbocycles. The first-order valence-electron chi connectivity index (χ1n) is 14.2. The lowest BCUT2D eigenvalue weighted by molar-refractivity contribution is 0.0697. The first-order valence-corrected chi connectivity index (χ1v) is 14.6. The number of benzene rings is 5. The molecule has 0 saturated carbocycles. The summed E-state index contributed by atoms with van der Waals surface area (Å²) in [6, 6.07) is 38.8. The molecule has 0 aromatic heterocycles. The summed E-state index contributed by atoms with van der Waals surface area (Å²) in [4.78, 5) is 14.5. The molecule has 1 aliphatic rings. The number of para-hydroxylation sites is 1. The maximum atomic E-state index is 11.3. The van der Waals surface area contributed by atoms with Gasteiger partial charge in [-0.05, 0) is 65.3 Å². The Morgan fingerprint density at radius 2 is 1.69 bits per heavy atom. The van der Waals surface area contributed by atoms with E-state index in [4.69, 9.17) is 17.0 Å². The molecule has 0 bridgehead atoms. The average Bonchev–Trinajstić information content (AvgIpc) is 3.36. The molecule has 210 valence electrons. The minimum atomic E-state index is -0.953. The number of aromatic carboxylic acids is 1. The highest BCUT2D eigenvalue weighted by atomic mass is 32.1. The first kappa shape index (κ1) is 27.5. The first-order chi connectivity index (χ1) is 20.5. The van der Waals surface area contributed by atoms with Crippen LogP contribution in [0.5, 0.6) is 5.75 Å². The molecule has 2 N–H and O–H groups in total. The van der Waals surface area contributed by atoms with Gasteiger partial charge in [-0.3, -0.25) is 0 Å². The largest absolute Gasteiger partial charge is 0.488 e. The lowest BCUT2D eigenvalue weighted by atomic mass is 9.99. The molecular formula is C36H32N2O3S. The molecule has 1 aliphatic heterocycles. The second-order valence-corrected chi connectivity index (χ2v) is 11.1. The Labute approximate surface area is 251 Å². The summed E-state index contributed by atoms with van der Waals surface area (Å²) in [6.45, 7) is 1.32. The summed E-state index contributed by atoms with van der Waals surface area (Å²) < 4.78 is 6.20. The summed E-state index contributed by atoms with van der Waals surface area (Å²) >= 11 is 5.67. The zero-order chi connectivity index (χ0) is 28.9. The van der Waals surface area contributed by atoms with Crippen molar-refractivity contribution in [1.82, 2.24) is 0 Å². The molecule has 6 heteroatoms. The van der Waals surface area contributed by atoms with Crippen LogP contribution in [0.4, 0.5) is 11.4 Å². The third kappa shape index (κ3) is 6.29. The maximum Gasteiger partial charge on any atom is 0.335 e. The number of carboxylic acids is 1. The van der Waals surface area contributed by atoms with Gasteiger partial charge in [0.05, 0.1) is 10.6 Å². The Morgan fingerprint density at radius 1 is 0.881 bits per heavy atom. The van der Waals surface area contributed by atoms with Crippen LogP contribution >= 0.6 is 12.2 Å². The second-order valence-electron chi connectivity index (χ2n) is 10.7. The van der Waals surface area contributed by atoms with Gasteiger partial charge in [-0.15, -0.1) is 0 Å². The number of ether oxygens (including phenoxy) is 1. The van der Waals surface area contributed by atoms with Gasteiger partial charge in [0.1, 0.15) is 12.4 Å². The molecule has 5 nitrogen and oxygen atoms in total. The monoisotopic (exact) mass is 572 g/mol. The van der Waals surface area contributed by atoms with Crippen LogP contribution in [0.2, 0.25) is 0 Å². The second kappa shape index (κ2) is 12.5. The molecule has 5 aromatic rings. The normalized spacial score (nSPS) is 14.0. The SMILES string of the molecule is O=C(O)c1cccc(NC(=S)CCN2c3ccccc3CC2Cc2ccc3c(OCc4ccccc4)cccc3c2)c1. The third-order valence-electron chi connectivity index (χ3n) is 7.78. The van der Waals surface area contributed by atoms with Crippen LogP contribution in [0, 0.1) is 0 Å². The van der Waals surface area contributed by atoms with Crippen LogP contribution in [0.3, 0.4) is 0 Å². The fraction of sp³-hybridized carbons (Fsp3) is 0.167. The Balaban J connectivity index is 1.15. The van der Waals surface area contributed by atoms with Gasteiger partial charge in [0.25, 0.3) is 0 Å². The van der Waals surface area contributed by atoms with Crippen LogP contribution in [0.1, 0.15) is 33.5 Å². The molecular weight excluding hydrogens is 540 g/mol.